The molecule has 0 saturated heterocycles. The van der Waals surface area contributed by atoms with Crippen LogP contribution in [0.15, 0.2) is 18.2 Å². The lowest BCUT2D eigenvalue weighted by Gasteiger charge is -2.14. The molecule has 0 amide bonds. The Balaban J connectivity index is 2.04. The van der Waals surface area contributed by atoms with Gasteiger partial charge in [0.15, 0.2) is 0 Å². The highest BCUT2D eigenvalue weighted by Crippen LogP contribution is 2.37. The molecule has 16 heavy (non-hydrogen) atoms. The summed E-state index contributed by atoms with van der Waals surface area (Å²) in [4.78, 5) is 0. The molecule has 1 aromatic rings. The van der Waals surface area contributed by atoms with E-state index < -0.39 is 0 Å². The molecule has 2 aliphatic rings. The lowest BCUT2D eigenvalue weighted by molar-refractivity contribution is 0.718. The molecule has 0 N–H and O–H groups in total. The Morgan fingerprint density at radius 3 is 2.62 bits per heavy atom. The predicted octanol–water partition coefficient (Wildman–Crippen LogP) is 4.16. The molecule has 0 aliphatic heterocycles. The van der Waals surface area contributed by atoms with Gasteiger partial charge < -0.3 is 0 Å². The third-order valence-electron chi connectivity index (χ3n) is 4.31. The Hall–Kier alpha value is -1.04. The van der Waals surface area contributed by atoms with Crippen molar-refractivity contribution in [2.45, 2.75) is 46.0 Å². The molecule has 0 spiro atoms. The van der Waals surface area contributed by atoms with Gasteiger partial charge in [0.2, 0.25) is 0 Å². The molecule has 2 aliphatic carbocycles. The third kappa shape index (κ3) is 1.43. The molecule has 0 heteroatoms. The van der Waals surface area contributed by atoms with Gasteiger partial charge in [-0.15, -0.1) is 0 Å². The second-order valence-corrected chi connectivity index (χ2v) is 5.30. The van der Waals surface area contributed by atoms with Gasteiger partial charge in [-0.2, -0.15) is 0 Å². The van der Waals surface area contributed by atoms with Gasteiger partial charge in [-0.25, -0.2) is 0 Å². The first kappa shape index (κ1) is 10.1. The normalized spacial score (nSPS) is 19.2. The van der Waals surface area contributed by atoms with E-state index in [1.807, 2.05) is 0 Å². The Morgan fingerprint density at radius 1 is 1.12 bits per heavy atom. The lowest BCUT2D eigenvalue weighted by atomic mass is 9.91. The maximum Gasteiger partial charge on any atom is -0.00852 e. The number of hydrogen-bond acceptors (Lipinski definition) is 0. The summed E-state index contributed by atoms with van der Waals surface area (Å²) >= 11 is 0. The molecule has 0 bridgehead atoms. The number of allylic oxidation sites excluding steroid dienone is 2. The molecular formula is C16H20. The molecule has 3 rings (SSSR count). The first-order valence-electron chi connectivity index (χ1n) is 6.64. The Bertz CT molecular complexity index is 451. The zero-order valence-electron chi connectivity index (χ0n) is 10.3. The molecule has 1 unspecified atom stereocenters. The van der Waals surface area contributed by atoms with Crippen molar-refractivity contribution >= 4 is 5.57 Å². The van der Waals surface area contributed by atoms with Crippen LogP contribution in [-0.2, 0) is 19.3 Å². The van der Waals surface area contributed by atoms with Crippen LogP contribution in [-0.4, -0.2) is 0 Å². The molecule has 0 heterocycles. The largest absolute Gasteiger partial charge is 0.0760 e. The van der Waals surface area contributed by atoms with E-state index in [0.717, 1.165) is 5.92 Å². The van der Waals surface area contributed by atoms with E-state index >= 15 is 0 Å². The molecule has 0 fully saturated rings. The van der Waals surface area contributed by atoms with Gasteiger partial charge in [0.05, 0.1) is 0 Å². The van der Waals surface area contributed by atoms with Crippen molar-refractivity contribution in [2.75, 3.05) is 0 Å². The fraction of sp³-hybridized carbons (Fsp3) is 0.500. The summed E-state index contributed by atoms with van der Waals surface area (Å²) in [6.45, 7) is 4.64. The zero-order chi connectivity index (χ0) is 11.1. The summed E-state index contributed by atoms with van der Waals surface area (Å²) in [5.74, 6) is 0.723. The summed E-state index contributed by atoms with van der Waals surface area (Å²) in [6.07, 6.45) is 8.84. The molecule has 0 radical (unpaired) electrons. The van der Waals surface area contributed by atoms with Crippen molar-refractivity contribution in [1.29, 1.82) is 0 Å². The van der Waals surface area contributed by atoms with Crippen LogP contribution in [0.25, 0.3) is 5.57 Å². The summed E-state index contributed by atoms with van der Waals surface area (Å²) in [5.41, 5.74) is 7.99. The summed E-state index contributed by atoms with van der Waals surface area (Å²) in [7, 11) is 0. The minimum absolute atomic E-state index is 0.723. The van der Waals surface area contributed by atoms with Crippen molar-refractivity contribution in [1.82, 2.24) is 0 Å². The maximum atomic E-state index is 2.49. The van der Waals surface area contributed by atoms with E-state index in [1.54, 1.807) is 27.8 Å². The number of aryl methyl sites for hydroxylation is 2. The second kappa shape index (κ2) is 3.76. The van der Waals surface area contributed by atoms with Gasteiger partial charge in [-0.1, -0.05) is 32.1 Å². The average Bonchev–Trinajstić information content (AvgIpc) is 2.90. The van der Waals surface area contributed by atoms with Crippen LogP contribution >= 0.6 is 0 Å². The summed E-state index contributed by atoms with van der Waals surface area (Å²) in [5, 5.41) is 0. The van der Waals surface area contributed by atoms with Crippen LogP contribution in [0.3, 0.4) is 0 Å². The fourth-order valence-electron chi connectivity index (χ4n) is 3.13. The highest BCUT2D eigenvalue weighted by atomic mass is 14.3. The van der Waals surface area contributed by atoms with Crippen molar-refractivity contribution in [3.05, 3.63) is 40.5 Å². The van der Waals surface area contributed by atoms with Crippen molar-refractivity contribution in [2.24, 2.45) is 5.92 Å². The third-order valence-corrected chi connectivity index (χ3v) is 4.31. The van der Waals surface area contributed by atoms with Crippen molar-refractivity contribution < 1.29 is 0 Å². The number of rotatable bonds is 2. The van der Waals surface area contributed by atoms with Gasteiger partial charge in [-0.05, 0) is 65.8 Å². The van der Waals surface area contributed by atoms with E-state index in [1.165, 1.54) is 32.1 Å². The van der Waals surface area contributed by atoms with Crippen molar-refractivity contribution in [3.63, 3.8) is 0 Å². The second-order valence-electron chi connectivity index (χ2n) is 5.30. The molecule has 0 nitrogen and oxygen atoms in total. The predicted molar refractivity (Wildman–Crippen MR) is 69.6 cm³/mol. The smallest absolute Gasteiger partial charge is 0.00852 e. The number of benzene rings is 1. The zero-order valence-corrected chi connectivity index (χ0v) is 10.3. The van der Waals surface area contributed by atoms with Gasteiger partial charge in [0, 0.05) is 0 Å². The van der Waals surface area contributed by atoms with Crippen LogP contribution in [0, 0.1) is 5.92 Å². The first-order valence-corrected chi connectivity index (χ1v) is 6.64. The number of fused-ring (bicyclic) bond motifs is 2. The van der Waals surface area contributed by atoms with Gasteiger partial charge in [-0.3, -0.25) is 0 Å². The molecule has 0 saturated carbocycles. The van der Waals surface area contributed by atoms with Gasteiger partial charge in [0.25, 0.3) is 0 Å². The highest BCUT2D eigenvalue weighted by Gasteiger charge is 2.21. The van der Waals surface area contributed by atoms with Gasteiger partial charge >= 0.3 is 0 Å². The lowest BCUT2D eigenvalue weighted by Crippen LogP contribution is -1.97. The monoisotopic (exact) mass is 212 g/mol. The Morgan fingerprint density at radius 2 is 1.88 bits per heavy atom. The van der Waals surface area contributed by atoms with Gasteiger partial charge in [0.1, 0.15) is 0 Å². The Labute approximate surface area is 98.4 Å². The molecule has 0 aromatic heterocycles. The summed E-state index contributed by atoms with van der Waals surface area (Å²) in [6, 6.07) is 4.96. The quantitative estimate of drug-likeness (QED) is 0.690. The van der Waals surface area contributed by atoms with Crippen LogP contribution in [0.2, 0.25) is 0 Å². The first-order chi connectivity index (χ1) is 7.79. The molecule has 1 aromatic carbocycles. The standard InChI is InChI=1S/C16H20/c1-3-11(2)15-8-7-14-9-12-5-4-6-13(12)10-16(14)15/h8-11H,3-7H2,1-2H3. The maximum absolute atomic E-state index is 2.49. The van der Waals surface area contributed by atoms with Crippen LogP contribution in [0.5, 0.6) is 0 Å². The topological polar surface area (TPSA) is 0 Å². The number of hydrogen-bond donors (Lipinski definition) is 0. The van der Waals surface area contributed by atoms with Crippen LogP contribution < -0.4 is 0 Å². The van der Waals surface area contributed by atoms with E-state index in [-0.39, 0.29) is 0 Å². The summed E-state index contributed by atoms with van der Waals surface area (Å²) < 4.78 is 0. The minimum atomic E-state index is 0.723. The van der Waals surface area contributed by atoms with E-state index in [2.05, 4.69) is 32.1 Å². The van der Waals surface area contributed by atoms with E-state index in [4.69, 9.17) is 0 Å². The van der Waals surface area contributed by atoms with Crippen LogP contribution in [0.1, 0.15) is 48.9 Å². The van der Waals surface area contributed by atoms with Crippen molar-refractivity contribution in [3.8, 4) is 0 Å². The van der Waals surface area contributed by atoms with E-state index in [0.29, 0.717) is 0 Å². The molecule has 84 valence electrons. The van der Waals surface area contributed by atoms with Crippen LogP contribution in [0.4, 0.5) is 0 Å². The highest BCUT2D eigenvalue weighted by molar-refractivity contribution is 5.75. The molecule has 1 atom stereocenters. The van der Waals surface area contributed by atoms with E-state index in [9.17, 15) is 0 Å². The molecular weight excluding hydrogens is 192 g/mol. The fourth-order valence-corrected chi connectivity index (χ4v) is 3.13. The minimum Gasteiger partial charge on any atom is -0.0760 e. The Kier molecular flexibility index (Phi) is 2.38. The SMILES string of the molecule is CCC(C)C1=CCc2cc3c(cc21)CCC3. The average molecular weight is 212 g/mol.